The molecule has 0 aliphatic heterocycles. The number of hydrogen-bond donors (Lipinski definition) is 1. The average molecular weight is 495 g/mol. The number of fused-ring (bicyclic) bond motifs is 1. The number of anilines is 1. The Kier molecular flexibility index (Phi) is 7.12. The molecule has 0 aliphatic rings. The lowest BCUT2D eigenvalue weighted by molar-refractivity contribution is 0.102. The van der Waals surface area contributed by atoms with Crippen LogP contribution >= 0.6 is 11.6 Å². The predicted octanol–water partition coefficient (Wildman–Crippen LogP) is 5.72. The molecule has 9 heteroatoms. The molecular weight excluding hydrogens is 468 g/mol. The lowest BCUT2D eigenvalue weighted by atomic mass is 10.1. The summed E-state index contributed by atoms with van der Waals surface area (Å²) in [4.78, 5) is 17.6. The number of carbonyl (C=O) groups excluding carboxylic acids is 1. The monoisotopic (exact) mass is 494 g/mol. The third-order valence-corrected chi connectivity index (χ3v) is 5.84. The fourth-order valence-electron chi connectivity index (χ4n) is 3.91. The van der Waals surface area contributed by atoms with Gasteiger partial charge in [-0.05, 0) is 63.6 Å². The summed E-state index contributed by atoms with van der Waals surface area (Å²) < 4.78 is 18.3. The van der Waals surface area contributed by atoms with Crippen molar-refractivity contribution in [3.8, 4) is 28.4 Å². The van der Waals surface area contributed by atoms with Crippen molar-refractivity contribution in [1.29, 1.82) is 0 Å². The maximum Gasteiger partial charge on any atom is 0.259 e. The van der Waals surface area contributed by atoms with Gasteiger partial charge >= 0.3 is 0 Å². The van der Waals surface area contributed by atoms with Gasteiger partial charge in [0, 0.05) is 17.4 Å². The third-order valence-electron chi connectivity index (χ3n) is 5.55. The van der Waals surface area contributed by atoms with Gasteiger partial charge in [0.05, 0.1) is 42.3 Å². The molecule has 35 heavy (non-hydrogen) atoms. The number of ether oxygens (including phenoxy) is 3. The summed E-state index contributed by atoms with van der Waals surface area (Å²) in [5.74, 6) is 1.57. The Morgan fingerprint density at radius 1 is 1.03 bits per heavy atom. The third kappa shape index (κ3) is 4.74. The van der Waals surface area contributed by atoms with Gasteiger partial charge in [-0.25, -0.2) is 9.50 Å². The molecule has 0 saturated carbocycles. The molecular formula is C26H27ClN4O4. The fraction of sp³-hybridized carbons (Fsp3) is 0.269. The molecule has 0 fully saturated rings. The lowest BCUT2D eigenvalue weighted by Gasteiger charge is -2.12. The molecule has 0 atom stereocenters. The number of carbonyl (C=O) groups is 1. The number of nitrogens with zero attached hydrogens (tertiary/aromatic N) is 3. The van der Waals surface area contributed by atoms with Crippen LogP contribution in [0.25, 0.3) is 16.8 Å². The van der Waals surface area contributed by atoms with Crippen LogP contribution in [0, 0.1) is 13.8 Å². The molecule has 2 aromatic heterocycles. The Morgan fingerprint density at radius 3 is 2.43 bits per heavy atom. The summed E-state index contributed by atoms with van der Waals surface area (Å²) in [6, 6.07) is 10.8. The van der Waals surface area contributed by atoms with Gasteiger partial charge in [0.1, 0.15) is 5.75 Å². The Hall–Kier alpha value is -3.78. The van der Waals surface area contributed by atoms with E-state index in [1.807, 2.05) is 45.9 Å². The molecule has 2 heterocycles. The number of benzene rings is 2. The fourth-order valence-corrected chi connectivity index (χ4v) is 4.17. The molecule has 2 aromatic carbocycles. The Labute approximate surface area is 208 Å². The highest BCUT2D eigenvalue weighted by Crippen LogP contribution is 2.36. The smallest absolute Gasteiger partial charge is 0.259 e. The van der Waals surface area contributed by atoms with Crippen molar-refractivity contribution in [3.63, 3.8) is 0 Å². The van der Waals surface area contributed by atoms with Gasteiger partial charge in [-0.2, -0.15) is 5.10 Å². The molecule has 8 nitrogen and oxygen atoms in total. The van der Waals surface area contributed by atoms with E-state index in [2.05, 4.69) is 15.4 Å². The summed E-state index contributed by atoms with van der Waals surface area (Å²) in [5.41, 5.74) is 4.82. The largest absolute Gasteiger partial charge is 0.495 e. The SMILES string of the molecule is CCOc1ccc(-c2c(C)nn3c(C)c(C(=O)Nc4ccc(OC)c(Cl)c4)cnc23)cc1OCC. The zero-order valence-corrected chi connectivity index (χ0v) is 21.1. The van der Waals surface area contributed by atoms with E-state index in [1.54, 1.807) is 28.9 Å². The van der Waals surface area contributed by atoms with Crippen molar-refractivity contribution in [1.82, 2.24) is 14.6 Å². The van der Waals surface area contributed by atoms with Crippen molar-refractivity contribution < 1.29 is 19.0 Å². The minimum Gasteiger partial charge on any atom is -0.495 e. The zero-order valence-electron chi connectivity index (χ0n) is 20.3. The van der Waals surface area contributed by atoms with Crippen LogP contribution in [0.4, 0.5) is 5.69 Å². The first-order chi connectivity index (χ1) is 16.9. The number of rotatable bonds is 8. The van der Waals surface area contributed by atoms with E-state index in [0.29, 0.717) is 58.1 Å². The highest BCUT2D eigenvalue weighted by molar-refractivity contribution is 6.32. The van der Waals surface area contributed by atoms with E-state index >= 15 is 0 Å². The second-order valence-corrected chi connectivity index (χ2v) is 8.19. The van der Waals surface area contributed by atoms with Crippen molar-refractivity contribution >= 4 is 28.8 Å². The van der Waals surface area contributed by atoms with E-state index in [-0.39, 0.29) is 5.91 Å². The van der Waals surface area contributed by atoms with E-state index in [1.165, 1.54) is 7.11 Å². The number of methoxy groups -OCH3 is 1. The van der Waals surface area contributed by atoms with Gasteiger partial charge in [-0.15, -0.1) is 0 Å². The minimum absolute atomic E-state index is 0.312. The van der Waals surface area contributed by atoms with Crippen LogP contribution in [0.15, 0.2) is 42.6 Å². The first kappa shape index (κ1) is 24.3. The van der Waals surface area contributed by atoms with Crippen molar-refractivity contribution in [2.45, 2.75) is 27.7 Å². The van der Waals surface area contributed by atoms with E-state index in [0.717, 1.165) is 16.8 Å². The Morgan fingerprint density at radius 2 is 1.74 bits per heavy atom. The second-order valence-electron chi connectivity index (χ2n) is 7.78. The molecule has 0 bridgehead atoms. The first-order valence-electron chi connectivity index (χ1n) is 11.3. The number of aromatic nitrogens is 3. The molecule has 4 rings (SSSR count). The quantitative estimate of drug-likeness (QED) is 0.337. The number of halogens is 1. The van der Waals surface area contributed by atoms with Gasteiger partial charge in [0.15, 0.2) is 17.1 Å². The van der Waals surface area contributed by atoms with Crippen molar-refractivity contribution in [2.24, 2.45) is 0 Å². The van der Waals surface area contributed by atoms with Crippen LogP contribution in [-0.4, -0.2) is 40.8 Å². The molecule has 0 saturated heterocycles. The van der Waals surface area contributed by atoms with E-state index < -0.39 is 0 Å². The number of aryl methyl sites for hydroxylation is 2. The minimum atomic E-state index is -0.312. The average Bonchev–Trinajstić information content (AvgIpc) is 3.17. The highest BCUT2D eigenvalue weighted by Gasteiger charge is 2.20. The molecule has 0 radical (unpaired) electrons. The Bertz CT molecular complexity index is 1400. The normalized spacial score (nSPS) is 10.9. The standard InChI is InChI=1S/C26H27ClN4O4/c1-6-34-22-10-8-17(12-23(22)35-7-2)24-15(3)30-31-16(4)19(14-28-25(24)31)26(32)29-18-9-11-21(33-5)20(27)13-18/h8-14H,6-7H2,1-5H3,(H,29,32). The Balaban J connectivity index is 1.71. The van der Waals surface area contributed by atoms with Crippen LogP contribution in [0.5, 0.6) is 17.2 Å². The summed E-state index contributed by atoms with van der Waals surface area (Å²) in [6.07, 6.45) is 1.56. The maximum absolute atomic E-state index is 13.0. The highest BCUT2D eigenvalue weighted by atomic mass is 35.5. The van der Waals surface area contributed by atoms with Crippen LogP contribution in [0.1, 0.15) is 35.6 Å². The van der Waals surface area contributed by atoms with Crippen molar-refractivity contribution in [3.05, 3.63) is 64.6 Å². The van der Waals surface area contributed by atoms with E-state index in [9.17, 15) is 4.79 Å². The number of amides is 1. The molecule has 0 aliphatic carbocycles. The van der Waals surface area contributed by atoms with Crippen LogP contribution in [0.3, 0.4) is 0 Å². The van der Waals surface area contributed by atoms with Gasteiger partial charge in [0.25, 0.3) is 5.91 Å². The molecule has 1 N–H and O–H groups in total. The zero-order chi connectivity index (χ0) is 25.1. The van der Waals surface area contributed by atoms with Crippen LogP contribution < -0.4 is 19.5 Å². The first-order valence-corrected chi connectivity index (χ1v) is 11.7. The maximum atomic E-state index is 13.0. The van der Waals surface area contributed by atoms with Crippen LogP contribution in [0.2, 0.25) is 5.02 Å². The summed E-state index contributed by atoms with van der Waals surface area (Å²) in [5, 5.41) is 7.94. The van der Waals surface area contributed by atoms with E-state index in [4.69, 9.17) is 25.8 Å². The van der Waals surface area contributed by atoms with Crippen LogP contribution in [-0.2, 0) is 0 Å². The molecule has 4 aromatic rings. The lowest BCUT2D eigenvalue weighted by Crippen LogP contribution is -2.16. The molecule has 1 amide bonds. The topological polar surface area (TPSA) is 87.0 Å². The molecule has 0 unspecified atom stereocenters. The van der Waals surface area contributed by atoms with Gasteiger partial charge < -0.3 is 19.5 Å². The van der Waals surface area contributed by atoms with Crippen molar-refractivity contribution in [2.75, 3.05) is 25.6 Å². The summed E-state index contributed by atoms with van der Waals surface area (Å²) in [7, 11) is 1.54. The van der Waals surface area contributed by atoms with Gasteiger partial charge in [0.2, 0.25) is 0 Å². The van der Waals surface area contributed by atoms with Gasteiger partial charge in [-0.1, -0.05) is 17.7 Å². The molecule has 0 spiro atoms. The predicted molar refractivity (Wildman–Crippen MR) is 136 cm³/mol. The van der Waals surface area contributed by atoms with Gasteiger partial charge in [-0.3, -0.25) is 4.79 Å². The second kappa shape index (κ2) is 10.2. The number of nitrogens with one attached hydrogen (secondary N) is 1. The molecule has 182 valence electrons. The summed E-state index contributed by atoms with van der Waals surface area (Å²) in [6.45, 7) is 8.68. The summed E-state index contributed by atoms with van der Waals surface area (Å²) >= 11 is 6.19. The number of hydrogen-bond acceptors (Lipinski definition) is 6.